The van der Waals surface area contributed by atoms with Crippen LogP contribution in [-0.2, 0) is 0 Å². The first kappa shape index (κ1) is 21.4. The molecule has 0 unspecified atom stereocenters. The minimum Gasteiger partial charge on any atom is -0.508 e. The van der Waals surface area contributed by atoms with Crippen molar-refractivity contribution in [3.63, 3.8) is 0 Å². The number of hydrogen-bond acceptors (Lipinski definition) is 9. The lowest BCUT2D eigenvalue weighted by Crippen LogP contribution is -2.45. The molecule has 0 saturated carbocycles. The summed E-state index contributed by atoms with van der Waals surface area (Å²) in [6.45, 7) is 4.28. The van der Waals surface area contributed by atoms with Crippen molar-refractivity contribution in [2.24, 2.45) is 4.99 Å². The smallest absolute Gasteiger partial charge is 0.234 e. The number of hydrogen-bond donors (Lipinski definition) is 2. The number of rotatable bonds is 5. The highest BCUT2D eigenvalue weighted by Crippen LogP contribution is 2.28. The summed E-state index contributed by atoms with van der Waals surface area (Å²) in [4.78, 5) is 24.1. The number of aliphatic imine (C=N–C) groups is 1. The molecule has 0 atom stereocenters. The highest BCUT2D eigenvalue weighted by atomic mass is 32.2. The van der Waals surface area contributed by atoms with Gasteiger partial charge in [-0.2, -0.15) is 15.0 Å². The van der Waals surface area contributed by atoms with Gasteiger partial charge in [0.2, 0.25) is 11.9 Å². The van der Waals surface area contributed by atoms with Crippen LogP contribution in [0.15, 0.2) is 75.7 Å². The number of aromatic nitrogens is 3. The Labute approximate surface area is 197 Å². The van der Waals surface area contributed by atoms with Gasteiger partial charge in [0, 0.05) is 31.1 Å². The van der Waals surface area contributed by atoms with E-state index in [4.69, 9.17) is 9.97 Å². The highest BCUT2D eigenvalue weighted by molar-refractivity contribution is 7.99. The molecule has 168 valence electrons. The third kappa shape index (κ3) is 5.32. The van der Waals surface area contributed by atoms with Crippen LogP contribution in [0.1, 0.15) is 5.56 Å². The molecule has 0 aliphatic carbocycles. The number of amidine groups is 1. The van der Waals surface area contributed by atoms with E-state index in [1.807, 2.05) is 36.4 Å². The van der Waals surface area contributed by atoms with E-state index in [1.165, 1.54) is 11.8 Å². The number of phenolic OH excluding ortho intramolecular Hbond substituents is 1. The van der Waals surface area contributed by atoms with Crippen molar-refractivity contribution in [3.05, 3.63) is 66.2 Å². The Morgan fingerprint density at radius 3 is 2.42 bits per heavy atom. The summed E-state index contributed by atoms with van der Waals surface area (Å²) < 4.78 is 0. The Morgan fingerprint density at radius 1 is 0.909 bits per heavy atom. The summed E-state index contributed by atoms with van der Waals surface area (Å²) in [5, 5.41) is 13.5. The lowest BCUT2D eigenvalue weighted by Gasteiger charge is -2.32. The van der Waals surface area contributed by atoms with E-state index in [2.05, 4.69) is 44.3 Å². The zero-order valence-electron chi connectivity index (χ0n) is 18.3. The van der Waals surface area contributed by atoms with E-state index in [0.717, 1.165) is 48.0 Å². The lowest BCUT2D eigenvalue weighted by atomic mass is 10.1. The van der Waals surface area contributed by atoms with Crippen molar-refractivity contribution >= 4 is 35.1 Å². The van der Waals surface area contributed by atoms with Crippen molar-refractivity contribution in [1.29, 1.82) is 0 Å². The molecule has 3 aromatic rings. The maximum Gasteiger partial charge on any atom is 0.234 e. The van der Waals surface area contributed by atoms with E-state index in [-0.39, 0.29) is 5.75 Å². The van der Waals surface area contributed by atoms with Gasteiger partial charge in [-0.25, -0.2) is 0 Å². The van der Waals surface area contributed by atoms with Crippen LogP contribution in [0.2, 0.25) is 0 Å². The molecule has 5 rings (SSSR count). The minimum atomic E-state index is 0.232. The van der Waals surface area contributed by atoms with Crippen LogP contribution in [0.25, 0.3) is 5.57 Å². The quantitative estimate of drug-likeness (QED) is 0.600. The largest absolute Gasteiger partial charge is 0.508 e. The molecule has 1 aromatic heterocycles. The summed E-state index contributed by atoms with van der Waals surface area (Å²) in [6, 6.07) is 17.3. The first-order chi connectivity index (χ1) is 16.1. The van der Waals surface area contributed by atoms with E-state index < -0.39 is 0 Å². The number of piperazine rings is 1. The van der Waals surface area contributed by atoms with Crippen LogP contribution in [0.5, 0.6) is 5.75 Å². The number of anilines is 2. The Bertz CT molecular complexity index is 1170. The third-order valence-electron chi connectivity index (χ3n) is 5.55. The Balaban J connectivity index is 1.40. The average Bonchev–Trinajstić information content (AvgIpc) is 3.30. The number of phenols is 1. The van der Waals surface area contributed by atoms with Crippen LogP contribution in [0.4, 0.5) is 11.9 Å². The molecule has 3 heterocycles. The number of benzene rings is 2. The molecule has 2 N–H and O–H groups in total. The molecule has 0 bridgehead atoms. The molecule has 0 radical (unpaired) electrons. The van der Waals surface area contributed by atoms with Crippen LogP contribution in [-0.4, -0.2) is 70.6 Å². The second-order valence-electron chi connectivity index (χ2n) is 7.99. The Kier molecular flexibility index (Phi) is 6.23. The number of likely N-dealkylation sites (N-methyl/N-ethyl adjacent to an activating group) is 1. The van der Waals surface area contributed by atoms with Gasteiger partial charge >= 0.3 is 0 Å². The predicted molar refractivity (Wildman–Crippen MR) is 132 cm³/mol. The van der Waals surface area contributed by atoms with Gasteiger partial charge in [-0.3, -0.25) is 4.99 Å². The van der Waals surface area contributed by atoms with Crippen molar-refractivity contribution in [3.8, 4) is 5.75 Å². The van der Waals surface area contributed by atoms with Gasteiger partial charge in [-0.1, -0.05) is 30.3 Å². The van der Waals surface area contributed by atoms with Crippen molar-refractivity contribution < 1.29 is 5.11 Å². The van der Waals surface area contributed by atoms with Crippen molar-refractivity contribution in [2.45, 2.75) is 10.1 Å². The Hall–Kier alpha value is -3.43. The SMILES string of the molecule is CN1CCN(c2nc(NC3=NCC(c4ccccc4)=C3)nc(Sc3ccc(O)cc3)n2)CC1. The van der Waals surface area contributed by atoms with Crippen LogP contribution >= 0.6 is 11.8 Å². The maximum atomic E-state index is 9.58. The molecule has 2 aliphatic rings. The fourth-order valence-electron chi connectivity index (χ4n) is 3.66. The molecule has 0 spiro atoms. The van der Waals surface area contributed by atoms with Gasteiger partial charge in [-0.05, 0) is 60.3 Å². The second-order valence-corrected chi connectivity index (χ2v) is 9.03. The van der Waals surface area contributed by atoms with Crippen molar-refractivity contribution in [1.82, 2.24) is 19.9 Å². The number of nitrogens with one attached hydrogen (secondary N) is 1. The van der Waals surface area contributed by atoms with Gasteiger partial charge in [0.05, 0.1) is 6.54 Å². The summed E-state index contributed by atoms with van der Waals surface area (Å²) >= 11 is 1.44. The molecule has 1 saturated heterocycles. The molecular formula is C24H25N7OS. The molecule has 33 heavy (non-hydrogen) atoms. The Morgan fingerprint density at radius 2 is 1.67 bits per heavy atom. The number of nitrogens with zero attached hydrogens (tertiary/aromatic N) is 6. The first-order valence-electron chi connectivity index (χ1n) is 10.9. The monoisotopic (exact) mass is 459 g/mol. The normalized spacial score (nSPS) is 16.5. The fourth-order valence-corrected chi connectivity index (χ4v) is 4.40. The molecular weight excluding hydrogens is 434 g/mol. The second kappa shape index (κ2) is 9.60. The van der Waals surface area contributed by atoms with Crippen LogP contribution in [0, 0.1) is 0 Å². The van der Waals surface area contributed by atoms with Gasteiger partial charge in [0.25, 0.3) is 0 Å². The van der Waals surface area contributed by atoms with E-state index >= 15 is 0 Å². The molecule has 0 amide bonds. The lowest BCUT2D eigenvalue weighted by molar-refractivity contribution is 0.311. The van der Waals surface area contributed by atoms with Crippen molar-refractivity contribution in [2.75, 3.05) is 50.0 Å². The third-order valence-corrected chi connectivity index (χ3v) is 6.42. The summed E-state index contributed by atoms with van der Waals surface area (Å²) in [6.07, 6.45) is 2.04. The topological polar surface area (TPSA) is 89.8 Å². The maximum absolute atomic E-state index is 9.58. The minimum absolute atomic E-state index is 0.232. The molecule has 2 aromatic carbocycles. The molecule has 2 aliphatic heterocycles. The molecule has 8 nitrogen and oxygen atoms in total. The van der Waals surface area contributed by atoms with Gasteiger partial charge in [0.1, 0.15) is 11.6 Å². The predicted octanol–water partition coefficient (Wildman–Crippen LogP) is 3.39. The van der Waals surface area contributed by atoms with Gasteiger partial charge in [-0.15, -0.1) is 0 Å². The summed E-state index contributed by atoms with van der Waals surface area (Å²) in [5.74, 6) is 2.11. The fraction of sp³-hybridized carbons (Fsp3) is 0.250. The summed E-state index contributed by atoms with van der Waals surface area (Å²) in [7, 11) is 2.12. The zero-order valence-corrected chi connectivity index (χ0v) is 19.2. The van der Waals surface area contributed by atoms with E-state index in [9.17, 15) is 5.11 Å². The number of aromatic hydroxyl groups is 1. The molecule has 1 fully saturated rings. The first-order valence-corrected chi connectivity index (χ1v) is 11.7. The standard InChI is InChI=1S/C24H25N7OS/c1-30-11-13-31(14-12-30)23-27-22(28-24(29-23)33-20-9-7-19(32)8-10-20)26-21-15-18(16-25-21)17-5-3-2-4-6-17/h2-10,15,32H,11-14,16H2,1H3,(H,25,26,27,28,29). The summed E-state index contributed by atoms with van der Waals surface area (Å²) in [5.41, 5.74) is 2.32. The zero-order chi connectivity index (χ0) is 22.6. The van der Waals surface area contributed by atoms with Crippen LogP contribution < -0.4 is 10.2 Å². The van der Waals surface area contributed by atoms with Gasteiger partial charge in [0.15, 0.2) is 5.16 Å². The van der Waals surface area contributed by atoms with Gasteiger partial charge < -0.3 is 20.2 Å². The van der Waals surface area contributed by atoms with Crippen LogP contribution in [0.3, 0.4) is 0 Å². The average molecular weight is 460 g/mol. The van der Waals surface area contributed by atoms with E-state index in [1.54, 1.807) is 12.1 Å². The highest BCUT2D eigenvalue weighted by Gasteiger charge is 2.20. The molecule has 9 heteroatoms. The van der Waals surface area contributed by atoms with E-state index in [0.29, 0.717) is 23.6 Å².